The van der Waals surface area contributed by atoms with Crippen molar-refractivity contribution in [3.8, 4) is 0 Å². The van der Waals surface area contributed by atoms with Crippen LogP contribution in [0.25, 0.3) is 0 Å². The molecule has 0 radical (unpaired) electrons. The SMILES string of the molecule is CCNC1CCCCc2cn(Cc3ccncc3)cc21. The molecule has 106 valence electrons. The fraction of sp³-hybridized carbons (Fsp3) is 0.471. The minimum absolute atomic E-state index is 0.538. The maximum Gasteiger partial charge on any atom is 0.0471 e. The zero-order chi connectivity index (χ0) is 13.8. The van der Waals surface area contributed by atoms with E-state index >= 15 is 0 Å². The number of hydrogen-bond donors (Lipinski definition) is 1. The molecule has 2 aromatic heterocycles. The summed E-state index contributed by atoms with van der Waals surface area (Å²) in [7, 11) is 0. The number of aromatic nitrogens is 2. The molecule has 1 aliphatic rings. The van der Waals surface area contributed by atoms with Gasteiger partial charge < -0.3 is 9.88 Å². The van der Waals surface area contributed by atoms with Crippen LogP contribution in [0.1, 0.15) is 48.9 Å². The van der Waals surface area contributed by atoms with E-state index in [-0.39, 0.29) is 0 Å². The number of fused-ring (bicyclic) bond motifs is 1. The lowest BCUT2D eigenvalue weighted by atomic mass is 10.0. The van der Waals surface area contributed by atoms with Gasteiger partial charge in [0.2, 0.25) is 0 Å². The average Bonchev–Trinajstić information content (AvgIpc) is 2.77. The van der Waals surface area contributed by atoms with E-state index in [9.17, 15) is 0 Å². The van der Waals surface area contributed by atoms with Crippen LogP contribution in [0, 0.1) is 0 Å². The smallest absolute Gasteiger partial charge is 0.0471 e. The molecule has 2 heterocycles. The summed E-state index contributed by atoms with van der Waals surface area (Å²) in [4.78, 5) is 4.08. The Hall–Kier alpha value is -1.61. The van der Waals surface area contributed by atoms with Gasteiger partial charge in [-0.15, -0.1) is 0 Å². The van der Waals surface area contributed by atoms with Crippen molar-refractivity contribution in [2.75, 3.05) is 6.54 Å². The largest absolute Gasteiger partial charge is 0.349 e. The van der Waals surface area contributed by atoms with E-state index in [1.807, 2.05) is 12.4 Å². The number of aryl methyl sites for hydroxylation is 1. The molecule has 0 amide bonds. The number of nitrogens with one attached hydrogen (secondary N) is 1. The van der Waals surface area contributed by atoms with Crippen molar-refractivity contribution >= 4 is 0 Å². The molecule has 0 fully saturated rings. The van der Waals surface area contributed by atoms with Crippen LogP contribution in [0.3, 0.4) is 0 Å². The first-order chi connectivity index (χ1) is 9.86. The summed E-state index contributed by atoms with van der Waals surface area (Å²) in [6.07, 6.45) is 13.5. The van der Waals surface area contributed by atoms with Gasteiger partial charge in [-0.2, -0.15) is 0 Å². The number of hydrogen-bond acceptors (Lipinski definition) is 2. The normalized spacial score (nSPS) is 18.6. The fourth-order valence-electron chi connectivity index (χ4n) is 3.16. The molecular weight excluding hydrogens is 246 g/mol. The van der Waals surface area contributed by atoms with Crippen LogP contribution in [0.5, 0.6) is 0 Å². The second-order valence-corrected chi connectivity index (χ2v) is 5.62. The highest BCUT2D eigenvalue weighted by Crippen LogP contribution is 2.29. The number of nitrogens with zero attached hydrogens (tertiary/aromatic N) is 2. The van der Waals surface area contributed by atoms with Gasteiger partial charge in [0.15, 0.2) is 0 Å². The van der Waals surface area contributed by atoms with Crippen molar-refractivity contribution in [3.63, 3.8) is 0 Å². The lowest BCUT2D eigenvalue weighted by molar-refractivity contribution is 0.502. The van der Waals surface area contributed by atoms with Crippen molar-refractivity contribution in [1.82, 2.24) is 14.9 Å². The van der Waals surface area contributed by atoms with Gasteiger partial charge in [-0.05, 0) is 54.6 Å². The Morgan fingerprint density at radius 3 is 2.90 bits per heavy atom. The molecule has 2 aromatic rings. The first kappa shape index (κ1) is 13.4. The second-order valence-electron chi connectivity index (χ2n) is 5.62. The first-order valence-electron chi connectivity index (χ1n) is 7.67. The van der Waals surface area contributed by atoms with Gasteiger partial charge in [0.1, 0.15) is 0 Å². The molecule has 3 rings (SSSR count). The van der Waals surface area contributed by atoms with E-state index in [0.717, 1.165) is 13.1 Å². The van der Waals surface area contributed by atoms with Crippen molar-refractivity contribution in [3.05, 3.63) is 53.6 Å². The molecule has 0 aliphatic heterocycles. The molecule has 0 saturated heterocycles. The predicted molar refractivity (Wildman–Crippen MR) is 81.7 cm³/mol. The minimum atomic E-state index is 0.538. The van der Waals surface area contributed by atoms with Crippen molar-refractivity contribution in [2.24, 2.45) is 0 Å². The minimum Gasteiger partial charge on any atom is -0.349 e. The van der Waals surface area contributed by atoms with E-state index in [4.69, 9.17) is 0 Å². The third-order valence-corrected chi connectivity index (χ3v) is 4.13. The molecule has 0 spiro atoms. The second kappa shape index (κ2) is 6.23. The van der Waals surface area contributed by atoms with Crippen LogP contribution < -0.4 is 5.32 Å². The van der Waals surface area contributed by atoms with Gasteiger partial charge in [-0.25, -0.2) is 0 Å². The van der Waals surface area contributed by atoms with Gasteiger partial charge in [0, 0.05) is 37.4 Å². The van der Waals surface area contributed by atoms with E-state index in [2.05, 4.69) is 46.3 Å². The maximum atomic E-state index is 4.08. The molecular formula is C17H23N3. The van der Waals surface area contributed by atoms with Gasteiger partial charge >= 0.3 is 0 Å². The van der Waals surface area contributed by atoms with Gasteiger partial charge in [0.05, 0.1) is 0 Å². The molecule has 1 unspecified atom stereocenters. The van der Waals surface area contributed by atoms with Gasteiger partial charge in [0.25, 0.3) is 0 Å². The summed E-state index contributed by atoms with van der Waals surface area (Å²) in [5.74, 6) is 0. The molecule has 1 atom stereocenters. The monoisotopic (exact) mass is 269 g/mol. The van der Waals surface area contributed by atoms with Crippen LogP contribution in [-0.2, 0) is 13.0 Å². The van der Waals surface area contributed by atoms with Crippen LogP contribution in [0.15, 0.2) is 36.9 Å². The lowest BCUT2D eigenvalue weighted by Gasteiger charge is -2.15. The topological polar surface area (TPSA) is 29.9 Å². The summed E-state index contributed by atoms with van der Waals surface area (Å²) in [6, 6.07) is 4.72. The van der Waals surface area contributed by atoms with Gasteiger partial charge in [-0.3, -0.25) is 4.98 Å². The van der Waals surface area contributed by atoms with Gasteiger partial charge in [-0.1, -0.05) is 13.3 Å². The molecule has 20 heavy (non-hydrogen) atoms. The summed E-state index contributed by atoms with van der Waals surface area (Å²) >= 11 is 0. The van der Waals surface area contributed by atoms with Crippen molar-refractivity contribution in [1.29, 1.82) is 0 Å². The Balaban J connectivity index is 1.83. The van der Waals surface area contributed by atoms with Crippen LogP contribution in [-0.4, -0.2) is 16.1 Å². The molecule has 0 bridgehead atoms. The van der Waals surface area contributed by atoms with Crippen LogP contribution >= 0.6 is 0 Å². The number of pyridine rings is 1. The third kappa shape index (κ3) is 2.93. The Morgan fingerprint density at radius 1 is 1.25 bits per heavy atom. The summed E-state index contributed by atoms with van der Waals surface area (Å²) < 4.78 is 2.33. The maximum absolute atomic E-state index is 4.08. The van der Waals surface area contributed by atoms with Crippen molar-refractivity contribution < 1.29 is 0 Å². The van der Waals surface area contributed by atoms with Crippen molar-refractivity contribution in [2.45, 2.75) is 45.2 Å². The predicted octanol–water partition coefficient (Wildman–Crippen LogP) is 3.31. The first-order valence-corrected chi connectivity index (χ1v) is 7.67. The van der Waals surface area contributed by atoms with E-state index in [1.165, 1.54) is 42.4 Å². The highest BCUT2D eigenvalue weighted by molar-refractivity contribution is 5.30. The highest BCUT2D eigenvalue weighted by Gasteiger charge is 2.19. The highest BCUT2D eigenvalue weighted by atomic mass is 15.0. The average molecular weight is 269 g/mol. The van der Waals surface area contributed by atoms with Crippen LogP contribution in [0.4, 0.5) is 0 Å². The Kier molecular flexibility index (Phi) is 4.16. The van der Waals surface area contributed by atoms with E-state index in [0.29, 0.717) is 6.04 Å². The third-order valence-electron chi connectivity index (χ3n) is 4.13. The zero-order valence-corrected chi connectivity index (χ0v) is 12.2. The quantitative estimate of drug-likeness (QED) is 0.863. The molecule has 1 N–H and O–H groups in total. The Labute approximate surface area is 121 Å². The Morgan fingerprint density at radius 2 is 2.10 bits per heavy atom. The standard InChI is InChI=1S/C17H23N3/c1-2-19-17-6-4-3-5-15-12-20(13-16(15)17)11-14-7-9-18-10-8-14/h7-10,12-13,17,19H,2-6,11H2,1H3. The fourth-order valence-corrected chi connectivity index (χ4v) is 3.16. The summed E-state index contributed by atoms with van der Waals surface area (Å²) in [6.45, 7) is 4.17. The molecule has 1 aliphatic carbocycles. The zero-order valence-electron chi connectivity index (χ0n) is 12.2. The molecule has 0 aromatic carbocycles. The van der Waals surface area contributed by atoms with E-state index < -0.39 is 0 Å². The summed E-state index contributed by atoms with van der Waals surface area (Å²) in [5, 5.41) is 3.63. The number of rotatable bonds is 4. The molecule has 3 heteroatoms. The molecule has 0 saturated carbocycles. The Bertz CT molecular complexity index is 545. The molecule has 3 nitrogen and oxygen atoms in total. The van der Waals surface area contributed by atoms with E-state index in [1.54, 1.807) is 0 Å². The summed E-state index contributed by atoms with van der Waals surface area (Å²) in [5.41, 5.74) is 4.35. The lowest BCUT2D eigenvalue weighted by Crippen LogP contribution is -2.20. The van der Waals surface area contributed by atoms with Crippen LogP contribution in [0.2, 0.25) is 0 Å².